The minimum atomic E-state index is -0.179. The van der Waals surface area contributed by atoms with Crippen molar-refractivity contribution < 1.29 is 9.21 Å². The molecule has 2 N–H and O–H groups in total. The number of anilines is 2. The number of aryl methyl sites for hydroxylation is 2. The SMILES string of the molecule is Cc1cncc(C(=O)Nc2cccc(C(C)Nc3cnc4cc(C)oc4c3)c2)c1. The number of nitrogens with zero attached hydrogens (tertiary/aromatic N) is 2. The second kappa shape index (κ2) is 7.75. The molecule has 0 bridgehead atoms. The molecule has 29 heavy (non-hydrogen) atoms. The highest BCUT2D eigenvalue weighted by molar-refractivity contribution is 6.04. The number of nitrogens with one attached hydrogen (secondary N) is 2. The van der Waals surface area contributed by atoms with E-state index in [1.165, 1.54) is 0 Å². The van der Waals surface area contributed by atoms with E-state index in [4.69, 9.17) is 4.42 Å². The van der Waals surface area contributed by atoms with Crippen molar-refractivity contribution in [1.82, 2.24) is 9.97 Å². The van der Waals surface area contributed by atoms with Crippen LogP contribution in [0.25, 0.3) is 11.1 Å². The zero-order chi connectivity index (χ0) is 20.4. The molecule has 146 valence electrons. The molecular formula is C23H22N4O2. The van der Waals surface area contributed by atoms with E-state index in [-0.39, 0.29) is 11.9 Å². The first-order valence-electron chi connectivity index (χ1n) is 9.43. The maximum Gasteiger partial charge on any atom is 0.257 e. The quantitative estimate of drug-likeness (QED) is 0.489. The van der Waals surface area contributed by atoms with Crippen molar-refractivity contribution in [3.8, 4) is 0 Å². The van der Waals surface area contributed by atoms with Gasteiger partial charge in [0.1, 0.15) is 11.3 Å². The minimum Gasteiger partial charge on any atom is -0.460 e. The van der Waals surface area contributed by atoms with Gasteiger partial charge in [-0.1, -0.05) is 12.1 Å². The van der Waals surface area contributed by atoms with E-state index in [1.807, 2.05) is 56.3 Å². The van der Waals surface area contributed by atoms with Crippen molar-refractivity contribution >= 4 is 28.4 Å². The monoisotopic (exact) mass is 386 g/mol. The van der Waals surface area contributed by atoms with Gasteiger partial charge in [0.25, 0.3) is 5.91 Å². The Kier molecular flexibility index (Phi) is 4.99. The fraction of sp³-hybridized carbons (Fsp3) is 0.174. The van der Waals surface area contributed by atoms with Crippen LogP contribution in [0.15, 0.2) is 65.5 Å². The molecule has 1 unspecified atom stereocenters. The summed E-state index contributed by atoms with van der Waals surface area (Å²) >= 11 is 0. The van der Waals surface area contributed by atoms with Crippen molar-refractivity contribution in [1.29, 1.82) is 0 Å². The van der Waals surface area contributed by atoms with E-state index >= 15 is 0 Å². The summed E-state index contributed by atoms with van der Waals surface area (Å²) < 4.78 is 5.65. The number of fused-ring (bicyclic) bond motifs is 1. The van der Waals surface area contributed by atoms with Crippen molar-refractivity contribution in [3.05, 3.63) is 83.5 Å². The highest BCUT2D eigenvalue weighted by atomic mass is 16.3. The number of furan rings is 1. The molecule has 0 spiro atoms. The molecule has 4 aromatic rings. The summed E-state index contributed by atoms with van der Waals surface area (Å²) in [7, 11) is 0. The van der Waals surface area contributed by atoms with Gasteiger partial charge in [-0.15, -0.1) is 0 Å². The molecule has 0 aliphatic rings. The fourth-order valence-electron chi connectivity index (χ4n) is 3.22. The lowest BCUT2D eigenvalue weighted by Crippen LogP contribution is -2.13. The molecule has 0 aliphatic heterocycles. The molecule has 4 rings (SSSR count). The Morgan fingerprint density at radius 1 is 1.03 bits per heavy atom. The van der Waals surface area contributed by atoms with Crippen LogP contribution in [-0.2, 0) is 0 Å². The molecule has 1 amide bonds. The number of aromatic nitrogens is 2. The number of amides is 1. The summed E-state index contributed by atoms with van der Waals surface area (Å²) in [6.45, 7) is 5.88. The molecular weight excluding hydrogens is 364 g/mol. The van der Waals surface area contributed by atoms with Crippen LogP contribution in [0.5, 0.6) is 0 Å². The van der Waals surface area contributed by atoms with Gasteiger partial charge in [0, 0.05) is 36.3 Å². The molecule has 0 aliphatic carbocycles. The maximum atomic E-state index is 12.5. The predicted molar refractivity (Wildman–Crippen MR) is 114 cm³/mol. The molecule has 3 aromatic heterocycles. The van der Waals surface area contributed by atoms with Gasteiger partial charge < -0.3 is 15.1 Å². The van der Waals surface area contributed by atoms with Crippen LogP contribution in [-0.4, -0.2) is 15.9 Å². The van der Waals surface area contributed by atoms with E-state index < -0.39 is 0 Å². The molecule has 1 atom stereocenters. The van der Waals surface area contributed by atoms with Crippen LogP contribution >= 0.6 is 0 Å². The summed E-state index contributed by atoms with van der Waals surface area (Å²) in [4.78, 5) is 21.0. The highest BCUT2D eigenvalue weighted by Gasteiger charge is 2.11. The van der Waals surface area contributed by atoms with Gasteiger partial charge in [-0.05, 0) is 50.1 Å². The lowest BCUT2D eigenvalue weighted by atomic mass is 10.1. The molecule has 3 heterocycles. The Morgan fingerprint density at radius 2 is 1.90 bits per heavy atom. The Hall–Kier alpha value is -3.67. The zero-order valence-corrected chi connectivity index (χ0v) is 16.6. The molecule has 1 aromatic carbocycles. The average Bonchev–Trinajstić information content (AvgIpc) is 3.07. The van der Waals surface area contributed by atoms with Crippen molar-refractivity contribution in [2.75, 3.05) is 10.6 Å². The number of carbonyl (C=O) groups excluding carboxylic acids is 1. The normalized spacial score (nSPS) is 12.0. The van der Waals surface area contributed by atoms with Gasteiger partial charge in [0.05, 0.1) is 17.4 Å². The van der Waals surface area contributed by atoms with E-state index in [0.29, 0.717) is 5.56 Å². The molecule has 0 radical (unpaired) electrons. The summed E-state index contributed by atoms with van der Waals surface area (Å²) in [6, 6.07) is 13.5. The third-order valence-corrected chi connectivity index (χ3v) is 4.66. The first kappa shape index (κ1) is 18.7. The summed E-state index contributed by atoms with van der Waals surface area (Å²) in [5, 5.41) is 6.37. The summed E-state index contributed by atoms with van der Waals surface area (Å²) in [5.74, 6) is 0.659. The number of hydrogen-bond acceptors (Lipinski definition) is 5. The number of benzene rings is 1. The number of pyridine rings is 2. The van der Waals surface area contributed by atoms with Gasteiger partial charge >= 0.3 is 0 Å². The first-order chi connectivity index (χ1) is 14.0. The van der Waals surface area contributed by atoms with E-state index in [9.17, 15) is 4.79 Å². The Bertz CT molecular complexity index is 1180. The Labute approximate surface area is 169 Å². The average molecular weight is 386 g/mol. The molecule has 6 nitrogen and oxygen atoms in total. The van der Waals surface area contributed by atoms with Gasteiger partial charge in [0.15, 0.2) is 5.58 Å². The lowest BCUT2D eigenvalue weighted by Gasteiger charge is -2.16. The van der Waals surface area contributed by atoms with E-state index in [2.05, 4.69) is 27.5 Å². The van der Waals surface area contributed by atoms with Gasteiger partial charge in [0.2, 0.25) is 0 Å². The summed E-state index contributed by atoms with van der Waals surface area (Å²) in [5.41, 5.74) is 5.73. The van der Waals surface area contributed by atoms with Gasteiger partial charge in [-0.3, -0.25) is 14.8 Å². The largest absolute Gasteiger partial charge is 0.460 e. The zero-order valence-electron chi connectivity index (χ0n) is 16.6. The van der Waals surface area contributed by atoms with Gasteiger partial charge in [-0.25, -0.2) is 0 Å². The van der Waals surface area contributed by atoms with Crippen LogP contribution in [0.2, 0.25) is 0 Å². The van der Waals surface area contributed by atoms with Crippen LogP contribution in [0.4, 0.5) is 11.4 Å². The second-order valence-electron chi connectivity index (χ2n) is 7.16. The molecule has 6 heteroatoms. The lowest BCUT2D eigenvalue weighted by molar-refractivity contribution is 0.102. The molecule has 0 saturated heterocycles. The van der Waals surface area contributed by atoms with E-state index in [0.717, 1.165) is 39.4 Å². The number of carbonyl (C=O) groups is 1. The first-order valence-corrected chi connectivity index (χ1v) is 9.43. The van der Waals surface area contributed by atoms with Crippen molar-refractivity contribution in [2.45, 2.75) is 26.8 Å². The Morgan fingerprint density at radius 3 is 2.72 bits per heavy atom. The topological polar surface area (TPSA) is 80.0 Å². The van der Waals surface area contributed by atoms with E-state index in [1.54, 1.807) is 18.6 Å². The van der Waals surface area contributed by atoms with Gasteiger partial charge in [-0.2, -0.15) is 0 Å². The minimum absolute atomic E-state index is 0.0165. The smallest absolute Gasteiger partial charge is 0.257 e. The molecule has 0 fully saturated rings. The standard InChI is InChI=1S/C23H22N4O2/c1-14-7-18(12-24-11-14)23(28)27-19-6-4-5-17(9-19)16(3)26-20-10-22-21(25-13-20)8-15(2)29-22/h4-13,16,26H,1-3H3,(H,27,28). The van der Waals surface area contributed by atoms with Crippen LogP contribution < -0.4 is 10.6 Å². The molecule has 0 saturated carbocycles. The number of hydrogen-bond donors (Lipinski definition) is 2. The Balaban J connectivity index is 1.48. The second-order valence-corrected chi connectivity index (χ2v) is 7.16. The van der Waals surface area contributed by atoms with Crippen LogP contribution in [0.1, 0.15) is 40.2 Å². The third kappa shape index (κ3) is 4.27. The third-order valence-electron chi connectivity index (χ3n) is 4.66. The maximum absolute atomic E-state index is 12.5. The van der Waals surface area contributed by atoms with Crippen molar-refractivity contribution in [3.63, 3.8) is 0 Å². The highest BCUT2D eigenvalue weighted by Crippen LogP contribution is 2.25. The van der Waals surface area contributed by atoms with Crippen LogP contribution in [0.3, 0.4) is 0 Å². The summed E-state index contributed by atoms with van der Waals surface area (Å²) in [6.07, 6.45) is 5.08. The predicted octanol–water partition coefficient (Wildman–Crippen LogP) is 5.27. The van der Waals surface area contributed by atoms with Crippen LogP contribution in [0, 0.1) is 13.8 Å². The fourth-order valence-corrected chi connectivity index (χ4v) is 3.22. The number of rotatable bonds is 5. The van der Waals surface area contributed by atoms with Crippen molar-refractivity contribution in [2.24, 2.45) is 0 Å².